The molecule has 1 aromatic rings. The van der Waals surface area contributed by atoms with E-state index in [2.05, 4.69) is 10.0 Å². The van der Waals surface area contributed by atoms with E-state index in [0.717, 1.165) is 18.9 Å². The lowest BCUT2D eigenvalue weighted by atomic mass is 10.2. The second-order valence-electron chi connectivity index (χ2n) is 5.03. The molecular formula is C14H20N2O5S. The van der Waals surface area contributed by atoms with Gasteiger partial charge in [0.1, 0.15) is 4.90 Å². The average molecular weight is 328 g/mol. The maximum Gasteiger partial charge on any atom is 0.335 e. The van der Waals surface area contributed by atoms with Crippen molar-refractivity contribution in [2.45, 2.75) is 30.8 Å². The number of rotatable bonds is 7. The van der Waals surface area contributed by atoms with Crippen LogP contribution < -0.4 is 10.0 Å². The van der Waals surface area contributed by atoms with E-state index in [9.17, 15) is 13.2 Å². The molecule has 8 heteroatoms. The number of benzene rings is 1. The van der Waals surface area contributed by atoms with Gasteiger partial charge in [-0.15, -0.1) is 0 Å². The summed E-state index contributed by atoms with van der Waals surface area (Å²) < 4.78 is 32.8. The summed E-state index contributed by atoms with van der Waals surface area (Å²) in [5.41, 5.74) is 0.312. The van der Waals surface area contributed by atoms with Gasteiger partial charge in [0.2, 0.25) is 10.0 Å². The molecule has 1 unspecified atom stereocenters. The van der Waals surface area contributed by atoms with Crippen LogP contribution in [0.4, 0.5) is 5.69 Å². The lowest BCUT2D eigenvalue weighted by molar-refractivity contribution is 0.0696. The van der Waals surface area contributed by atoms with Gasteiger partial charge in [-0.1, -0.05) is 0 Å². The molecule has 3 N–H and O–H groups in total. The van der Waals surface area contributed by atoms with Gasteiger partial charge in [0.05, 0.1) is 17.4 Å². The fraction of sp³-hybridized carbons (Fsp3) is 0.500. The lowest BCUT2D eigenvalue weighted by Crippen LogP contribution is -2.32. The summed E-state index contributed by atoms with van der Waals surface area (Å²) in [6, 6.07) is 4.01. The molecule has 0 saturated carbocycles. The van der Waals surface area contributed by atoms with Gasteiger partial charge in [-0.2, -0.15) is 0 Å². The number of anilines is 1. The summed E-state index contributed by atoms with van der Waals surface area (Å²) in [4.78, 5) is 11.0. The van der Waals surface area contributed by atoms with E-state index in [-0.39, 0.29) is 23.1 Å². The second-order valence-corrected chi connectivity index (χ2v) is 6.77. The summed E-state index contributed by atoms with van der Waals surface area (Å²) in [7, 11) is -3.81. The van der Waals surface area contributed by atoms with Gasteiger partial charge in [-0.3, -0.25) is 0 Å². The molecule has 0 aliphatic carbocycles. The molecule has 7 nitrogen and oxygen atoms in total. The molecule has 0 amide bonds. The zero-order chi connectivity index (χ0) is 16.2. The maximum atomic E-state index is 12.5. The summed E-state index contributed by atoms with van der Waals surface area (Å²) in [5, 5.41) is 12.0. The van der Waals surface area contributed by atoms with Crippen LogP contribution in [0.25, 0.3) is 0 Å². The molecule has 0 spiro atoms. The molecule has 1 aliphatic heterocycles. The predicted octanol–water partition coefficient (Wildman–Crippen LogP) is 1.27. The highest BCUT2D eigenvalue weighted by molar-refractivity contribution is 7.89. The number of nitrogens with one attached hydrogen (secondary N) is 2. The normalized spacial score (nSPS) is 18.3. The number of aromatic carboxylic acids is 1. The summed E-state index contributed by atoms with van der Waals surface area (Å²) in [6.07, 6.45) is 1.61. The van der Waals surface area contributed by atoms with Crippen molar-refractivity contribution in [3.8, 4) is 0 Å². The number of carbonyl (C=O) groups is 1. The molecule has 2 rings (SSSR count). The largest absolute Gasteiger partial charge is 0.478 e. The van der Waals surface area contributed by atoms with Crippen LogP contribution in [0.15, 0.2) is 23.1 Å². The van der Waals surface area contributed by atoms with Crippen LogP contribution >= 0.6 is 0 Å². The van der Waals surface area contributed by atoms with Crippen LogP contribution in [0.1, 0.15) is 30.1 Å². The van der Waals surface area contributed by atoms with Gasteiger partial charge in [0.15, 0.2) is 0 Å². The molecular weight excluding hydrogens is 308 g/mol. The zero-order valence-electron chi connectivity index (χ0n) is 12.3. The third-order valence-electron chi connectivity index (χ3n) is 3.41. The fourth-order valence-corrected chi connectivity index (χ4v) is 3.57. The van der Waals surface area contributed by atoms with Crippen LogP contribution in [-0.2, 0) is 14.8 Å². The van der Waals surface area contributed by atoms with Gasteiger partial charge in [0.25, 0.3) is 0 Å². The Bertz CT molecular complexity index is 639. The van der Waals surface area contributed by atoms with E-state index in [1.54, 1.807) is 0 Å². The summed E-state index contributed by atoms with van der Waals surface area (Å²) >= 11 is 0. The SMILES string of the molecule is CCNc1ccc(C(=O)O)cc1S(=O)(=O)NCC1CCCO1. The quantitative estimate of drug-likeness (QED) is 0.696. The van der Waals surface area contributed by atoms with Gasteiger partial charge in [0, 0.05) is 19.7 Å². The Labute approximate surface area is 129 Å². The van der Waals surface area contributed by atoms with Crippen molar-refractivity contribution in [1.82, 2.24) is 4.72 Å². The van der Waals surface area contributed by atoms with Crippen molar-refractivity contribution >= 4 is 21.7 Å². The van der Waals surface area contributed by atoms with E-state index in [1.165, 1.54) is 12.1 Å². The minimum absolute atomic E-state index is 0.0627. The third-order valence-corrected chi connectivity index (χ3v) is 4.87. The first kappa shape index (κ1) is 16.7. The first-order valence-electron chi connectivity index (χ1n) is 7.16. The Morgan fingerprint density at radius 3 is 2.82 bits per heavy atom. The Morgan fingerprint density at radius 2 is 2.23 bits per heavy atom. The molecule has 0 aromatic heterocycles. The molecule has 1 saturated heterocycles. The first-order valence-corrected chi connectivity index (χ1v) is 8.65. The van der Waals surface area contributed by atoms with E-state index in [4.69, 9.17) is 9.84 Å². The fourth-order valence-electron chi connectivity index (χ4n) is 2.30. The average Bonchev–Trinajstić information content (AvgIpc) is 2.99. The molecule has 1 aliphatic rings. The molecule has 1 fully saturated rings. The highest BCUT2D eigenvalue weighted by Crippen LogP contribution is 2.23. The topological polar surface area (TPSA) is 105 Å². The smallest absolute Gasteiger partial charge is 0.335 e. The van der Waals surface area contributed by atoms with Crippen molar-refractivity contribution in [2.75, 3.05) is 25.0 Å². The van der Waals surface area contributed by atoms with Crippen LogP contribution in [0.2, 0.25) is 0 Å². The Hall–Kier alpha value is -1.64. The van der Waals surface area contributed by atoms with Crippen molar-refractivity contribution in [3.05, 3.63) is 23.8 Å². The minimum atomic E-state index is -3.81. The number of carboxylic acid groups (broad SMARTS) is 1. The Kier molecular flexibility index (Phi) is 5.38. The van der Waals surface area contributed by atoms with E-state index >= 15 is 0 Å². The Balaban J connectivity index is 2.25. The number of ether oxygens (including phenoxy) is 1. The first-order chi connectivity index (χ1) is 10.4. The lowest BCUT2D eigenvalue weighted by Gasteiger charge is -2.15. The standard InChI is InChI=1S/C14H20N2O5S/c1-2-15-12-6-5-10(14(17)18)8-13(12)22(19,20)16-9-11-4-3-7-21-11/h5-6,8,11,15-16H,2-4,7,9H2,1H3,(H,17,18). The van der Waals surface area contributed by atoms with E-state index < -0.39 is 16.0 Å². The van der Waals surface area contributed by atoms with Crippen LogP contribution in [0.3, 0.4) is 0 Å². The molecule has 1 aromatic carbocycles. The molecule has 1 heterocycles. The van der Waals surface area contributed by atoms with Crippen LogP contribution in [-0.4, -0.2) is 45.3 Å². The Morgan fingerprint density at radius 1 is 1.45 bits per heavy atom. The number of carboxylic acids is 1. The number of hydrogen-bond acceptors (Lipinski definition) is 5. The molecule has 0 radical (unpaired) electrons. The number of hydrogen-bond donors (Lipinski definition) is 3. The van der Waals surface area contributed by atoms with Gasteiger partial charge >= 0.3 is 5.97 Å². The molecule has 0 bridgehead atoms. The van der Waals surface area contributed by atoms with Crippen molar-refractivity contribution < 1.29 is 23.1 Å². The van der Waals surface area contributed by atoms with Crippen molar-refractivity contribution in [1.29, 1.82) is 0 Å². The third kappa shape index (κ3) is 3.96. The zero-order valence-corrected chi connectivity index (χ0v) is 13.1. The number of sulfonamides is 1. The summed E-state index contributed by atoms with van der Waals surface area (Å²) in [6.45, 7) is 3.19. The van der Waals surface area contributed by atoms with E-state index in [1.807, 2.05) is 6.92 Å². The predicted molar refractivity (Wildman–Crippen MR) is 81.7 cm³/mol. The highest BCUT2D eigenvalue weighted by atomic mass is 32.2. The molecule has 1 atom stereocenters. The van der Waals surface area contributed by atoms with Crippen molar-refractivity contribution in [3.63, 3.8) is 0 Å². The summed E-state index contributed by atoms with van der Waals surface area (Å²) in [5.74, 6) is -1.17. The van der Waals surface area contributed by atoms with Crippen LogP contribution in [0.5, 0.6) is 0 Å². The van der Waals surface area contributed by atoms with Crippen LogP contribution in [0, 0.1) is 0 Å². The van der Waals surface area contributed by atoms with E-state index in [0.29, 0.717) is 18.8 Å². The molecule has 122 valence electrons. The van der Waals surface area contributed by atoms with Gasteiger partial charge in [-0.25, -0.2) is 17.9 Å². The monoisotopic (exact) mass is 328 g/mol. The van der Waals surface area contributed by atoms with Gasteiger partial charge in [-0.05, 0) is 38.0 Å². The van der Waals surface area contributed by atoms with Crippen molar-refractivity contribution in [2.24, 2.45) is 0 Å². The highest BCUT2D eigenvalue weighted by Gasteiger charge is 2.23. The maximum absolute atomic E-state index is 12.5. The molecule has 22 heavy (non-hydrogen) atoms. The second kappa shape index (κ2) is 7.08. The van der Waals surface area contributed by atoms with Gasteiger partial charge < -0.3 is 15.2 Å². The minimum Gasteiger partial charge on any atom is -0.478 e.